The van der Waals surface area contributed by atoms with Crippen LogP contribution in [-0.4, -0.2) is 40.6 Å². The number of halogens is 1. The van der Waals surface area contributed by atoms with Crippen LogP contribution in [0.2, 0.25) is 0 Å². The van der Waals surface area contributed by atoms with E-state index >= 15 is 0 Å². The van der Waals surface area contributed by atoms with Gasteiger partial charge in [-0.1, -0.05) is 25.8 Å². The molecule has 0 aromatic carbocycles. The lowest BCUT2D eigenvalue weighted by Gasteiger charge is -2.50. The second-order valence-electron chi connectivity index (χ2n) is 5.51. The zero-order chi connectivity index (χ0) is 16.1. The summed E-state index contributed by atoms with van der Waals surface area (Å²) in [5.41, 5.74) is -2.20. The molecule has 5 nitrogen and oxygen atoms in total. The Bertz CT molecular complexity index is 414. The van der Waals surface area contributed by atoms with Crippen molar-refractivity contribution in [1.82, 2.24) is 5.32 Å². The fourth-order valence-corrected chi connectivity index (χ4v) is 2.96. The Morgan fingerprint density at radius 3 is 2.52 bits per heavy atom. The number of alkyl halides is 1. The Balaban J connectivity index is 0.000000315. The summed E-state index contributed by atoms with van der Waals surface area (Å²) < 4.78 is 5.04. The molecule has 0 bridgehead atoms. The van der Waals surface area contributed by atoms with Gasteiger partial charge in [0, 0.05) is 5.88 Å². The molecule has 2 saturated heterocycles. The minimum atomic E-state index is -1.25. The molecule has 21 heavy (non-hydrogen) atoms. The maximum atomic E-state index is 11.6. The summed E-state index contributed by atoms with van der Waals surface area (Å²) in [5, 5.41) is 11.8. The van der Waals surface area contributed by atoms with Gasteiger partial charge in [-0.25, -0.2) is 4.79 Å². The number of aliphatic hydroxyl groups excluding tert-OH is 1. The number of ether oxygens (including phenoxy) is 1. The molecule has 2 aliphatic rings. The Hall–Kier alpha value is -1.07. The molecular formula is C15H24ClNO4. The number of esters is 1. The van der Waals surface area contributed by atoms with Crippen molar-refractivity contribution in [3.05, 3.63) is 12.7 Å². The van der Waals surface area contributed by atoms with Gasteiger partial charge in [0.05, 0.1) is 12.5 Å². The van der Waals surface area contributed by atoms with Crippen molar-refractivity contribution >= 4 is 23.5 Å². The molecule has 6 heteroatoms. The normalized spacial score (nSPS) is 33.0. The van der Waals surface area contributed by atoms with Crippen LogP contribution in [0.3, 0.4) is 0 Å². The van der Waals surface area contributed by atoms with Gasteiger partial charge in [-0.05, 0) is 19.8 Å². The van der Waals surface area contributed by atoms with Crippen LogP contribution in [-0.2, 0) is 14.3 Å². The first kappa shape index (κ1) is 18.0. The molecule has 1 amide bonds. The summed E-state index contributed by atoms with van der Waals surface area (Å²) in [6.07, 6.45) is 6.15. The smallest absolute Gasteiger partial charge is 0.339 e. The van der Waals surface area contributed by atoms with Crippen LogP contribution in [0.5, 0.6) is 0 Å². The third-order valence-corrected chi connectivity index (χ3v) is 4.43. The summed E-state index contributed by atoms with van der Waals surface area (Å²) in [4.78, 5) is 23.0. The van der Waals surface area contributed by atoms with Crippen LogP contribution in [0.25, 0.3) is 0 Å². The SMILES string of the molecule is C=CCCCC.C[C@@]12OC(=O)[C@]1(CO)NC(=O)C2CCCl. The first-order valence-electron chi connectivity index (χ1n) is 7.26. The second-order valence-corrected chi connectivity index (χ2v) is 5.89. The summed E-state index contributed by atoms with van der Waals surface area (Å²) in [5.74, 6) is -1.01. The van der Waals surface area contributed by atoms with E-state index in [1.54, 1.807) is 6.92 Å². The largest absolute Gasteiger partial charge is 0.453 e. The van der Waals surface area contributed by atoms with Crippen molar-refractivity contribution in [2.24, 2.45) is 5.92 Å². The average molecular weight is 318 g/mol. The fraction of sp³-hybridized carbons (Fsp3) is 0.733. The van der Waals surface area contributed by atoms with Gasteiger partial charge in [0.2, 0.25) is 11.4 Å². The molecule has 0 aromatic heterocycles. The van der Waals surface area contributed by atoms with E-state index in [9.17, 15) is 14.7 Å². The van der Waals surface area contributed by atoms with Crippen molar-refractivity contribution < 1.29 is 19.4 Å². The topological polar surface area (TPSA) is 75.6 Å². The Morgan fingerprint density at radius 2 is 2.19 bits per heavy atom. The van der Waals surface area contributed by atoms with Crippen molar-refractivity contribution in [2.75, 3.05) is 12.5 Å². The maximum absolute atomic E-state index is 11.6. The molecule has 0 spiro atoms. The lowest BCUT2D eigenvalue weighted by Crippen LogP contribution is -2.76. The lowest BCUT2D eigenvalue weighted by atomic mass is 9.71. The van der Waals surface area contributed by atoms with Crippen LogP contribution in [0.15, 0.2) is 12.7 Å². The standard InChI is InChI=1S/C9H12ClNO4.C6H12/c1-8-5(2-3-10)6(13)11-9(8,4-12)7(14)15-8;1-3-5-6-4-2/h5,12H,2-4H2,1H3,(H,11,13);3H,1,4-6H2,2H3/t5?,8-,9-;/m0./s1. The molecule has 3 atom stereocenters. The number of allylic oxidation sites excluding steroid dienone is 1. The quantitative estimate of drug-likeness (QED) is 0.339. The minimum absolute atomic E-state index is 0.280. The maximum Gasteiger partial charge on any atom is 0.339 e. The molecule has 0 aromatic rings. The zero-order valence-electron chi connectivity index (χ0n) is 12.7. The highest BCUT2D eigenvalue weighted by Gasteiger charge is 2.75. The minimum Gasteiger partial charge on any atom is -0.453 e. The van der Waals surface area contributed by atoms with Gasteiger partial charge in [-0.15, -0.1) is 18.2 Å². The van der Waals surface area contributed by atoms with Crippen LogP contribution >= 0.6 is 11.6 Å². The number of hydrogen-bond donors (Lipinski definition) is 2. The molecule has 2 rings (SSSR count). The Kier molecular flexibility index (Phi) is 6.23. The van der Waals surface area contributed by atoms with Gasteiger partial charge in [-0.2, -0.15) is 0 Å². The molecule has 0 saturated carbocycles. The fourth-order valence-electron chi connectivity index (χ4n) is 2.74. The van der Waals surface area contributed by atoms with Crippen molar-refractivity contribution in [3.8, 4) is 0 Å². The summed E-state index contributed by atoms with van der Waals surface area (Å²) in [6, 6.07) is 0. The first-order valence-corrected chi connectivity index (χ1v) is 7.80. The number of carbonyl (C=O) groups is 2. The van der Waals surface area contributed by atoms with E-state index in [0.29, 0.717) is 12.3 Å². The average Bonchev–Trinajstić information content (AvgIpc) is 2.63. The van der Waals surface area contributed by atoms with E-state index in [0.717, 1.165) is 0 Å². The third-order valence-electron chi connectivity index (χ3n) is 4.22. The number of rotatable bonds is 6. The number of unbranched alkanes of at least 4 members (excludes halogenated alkanes) is 2. The third kappa shape index (κ3) is 2.94. The van der Waals surface area contributed by atoms with Gasteiger partial charge >= 0.3 is 5.97 Å². The molecule has 120 valence electrons. The van der Waals surface area contributed by atoms with Crippen LogP contribution < -0.4 is 5.32 Å². The highest BCUT2D eigenvalue weighted by atomic mass is 35.5. The summed E-state index contributed by atoms with van der Waals surface area (Å²) in [6.45, 7) is 7.00. The van der Waals surface area contributed by atoms with Gasteiger partial charge in [-0.3, -0.25) is 4.79 Å². The second kappa shape index (κ2) is 7.27. The molecule has 2 heterocycles. The molecule has 0 aliphatic carbocycles. The molecule has 2 aliphatic heterocycles. The van der Waals surface area contributed by atoms with Gasteiger partial charge in [0.1, 0.15) is 0 Å². The molecular weight excluding hydrogens is 294 g/mol. The zero-order valence-corrected chi connectivity index (χ0v) is 13.4. The van der Waals surface area contributed by atoms with Gasteiger partial charge in [0.15, 0.2) is 5.60 Å². The Labute approximate surface area is 130 Å². The van der Waals surface area contributed by atoms with Crippen molar-refractivity contribution in [1.29, 1.82) is 0 Å². The van der Waals surface area contributed by atoms with E-state index in [1.807, 2.05) is 6.08 Å². The number of hydrogen-bond acceptors (Lipinski definition) is 4. The predicted octanol–water partition coefficient (Wildman–Crippen LogP) is 1.77. The molecule has 1 unspecified atom stereocenters. The molecule has 2 fully saturated rings. The monoisotopic (exact) mass is 317 g/mol. The van der Waals surface area contributed by atoms with Crippen LogP contribution in [0.1, 0.15) is 39.5 Å². The Morgan fingerprint density at radius 1 is 1.52 bits per heavy atom. The van der Waals surface area contributed by atoms with E-state index in [1.165, 1.54) is 19.3 Å². The molecule has 0 radical (unpaired) electrons. The van der Waals surface area contributed by atoms with E-state index in [-0.39, 0.29) is 5.91 Å². The van der Waals surface area contributed by atoms with Crippen LogP contribution in [0.4, 0.5) is 0 Å². The van der Waals surface area contributed by atoms with Crippen molar-refractivity contribution in [2.45, 2.75) is 50.7 Å². The lowest BCUT2D eigenvalue weighted by molar-refractivity contribution is -0.224. The highest BCUT2D eigenvalue weighted by Crippen LogP contribution is 2.49. The molecule has 2 N–H and O–H groups in total. The highest BCUT2D eigenvalue weighted by molar-refractivity contribution is 6.18. The van der Waals surface area contributed by atoms with Gasteiger partial charge in [0.25, 0.3) is 0 Å². The summed E-state index contributed by atoms with van der Waals surface area (Å²) >= 11 is 5.59. The van der Waals surface area contributed by atoms with Crippen molar-refractivity contribution in [3.63, 3.8) is 0 Å². The van der Waals surface area contributed by atoms with E-state index in [2.05, 4.69) is 18.8 Å². The van der Waals surface area contributed by atoms with Gasteiger partial charge < -0.3 is 15.2 Å². The first-order chi connectivity index (χ1) is 9.93. The predicted molar refractivity (Wildman–Crippen MR) is 81.0 cm³/mol. The number of carbonyl (C=O) groups excluding carboxylic acids is 2. The number of fused-ring (bicyclic) bond motifs is 1. The number of nitrogens with one attached hydrogen (secondary N) is 1. The number of aliphatic hydroxyl groups is 1. The van der Waals surface area contributed by atoms with E-state index in [4.69, 9.17) is 16.3 Å². The summed E-state index contributed by atoms with van der Waals surface area (Å²) in [7, 11) is 0. The number of amides is 1. The van der Waals surface area contributed by atoms with E-state index < -0.39 is 29.6 Å². The van der Waals surface area contributed by atoms with Crippen LogP contribution in [0, 0.1) is 5.92 Å².